The minimum Gasteiger partial charge on any atom is -0.480 e. The summed E-state index contributed by atoms with van der Waals surface area (Å²) in [5.74, 6) is 1.63. The van der Waals surface area contributed by atoms with Gasteiger partial charge in [-0.15, -0.1) is 0 Å². The molecule has 1 amide bonds. The second-order valence-electron chi connectivity index (χ2n) is 10.4. The van der Waals surface area contributed by atoms with Crippen molar-refractivity contribution in [2.75, 3.05) is 44.0 Å². The fraction of sp³-hybridized carbons (Fsp3) is 0.276. The number of nitrogens with one attached hydrogen (secondary N) is 1. The molecule has 1 N–H and O–H groups in total. The van der Waals surface area contributed by atoms with E-state index < -0.39 is 0 Å². The van der Waals surface area contributed by atoms with Crippen molar-refractivity contribution in [3.05, 3.63) is 71.3 Å². The summed E-state index contributed by atoms with van der Waals surface area (Å²) in [5.41, 5.74) is 2.18. The molecule has 0 atom stereocenters. The standard InChI is InChI=1S/C29H29N9O3/c1-34(2)14-15-35-13-10-19-16-20(6-7-22(19)35)31-29-30-17-21-26(33-29)38-24-9-8-23-27(32-24)36(25(39)18-41-23)11-4-3-5-12-37(38)28(21)40/h3,5-10,13,16-17H,4,11-12,14-15,18H2,1-2H3,(H,30,31,33)/b5-3+. The van der Waals surface area contributed by atoms with Gasteiger partial charge >= 0.3 is 0 Å². The highest BCUT2D eigenvalue weighted by Crippen LogP contribution is 2.32. The molecule has 2 aliphatic rings. The molecule has 2 aliphatic heterocycles. The number of aromatic nitrogens is 6. The summed E-state index contributed by atoms with van der Waals surface area (Å²) in [6, 6.07) is 11.8. The van der Waals surface area contributed by atoms with Gasteiger partial charge in [0.1, 0.15) is 5.39 Å². The zero-order valence-corrected chi connectivity index (χ0v) is 22.8. The SMILES string of the molecule is CN(C)CCn1ccc2cc(Nc3ncc4c(=O)n5n(c4n3)-c3ccc4c(n3)N(CC/C=C/C5)C(=O)CO4)ccc21. The third-order valence-electron chi connectivity index (χ3n) is 7.40. The summed E-state index contributed by atoms with van der Waals surface area (Å²) in [6.45, 7) is 2.63. The van der Waals surface area contributed by atoms with Gasteiger partial charge in [0, 0.05) is 48.6 Å². The van der Waals surface area contributed by atoms with E-state index in [9.17, 15) is 9.59 Å². The van der Waals surface area contributed by atoms with Gasteiger partial charge in [-0.2, -0.15) is 4.98 Å². The lowest BCUT2D eigenvalue weighted by molar-refractivity contribution is -0.121. The first-order chi connectivity index (χ1) is 20.0. The Labute approximate surface area is 235 Å². The maximum atomic E-state index is 13.5. The van der Waals surface area contributed by atoms with Gasteiger partial charge in [-0.25, -0.2) is 19.3 Å². The molecular formula is C29H29N9O3. The molecule has 0 saturated carbocycles. The van der Waals surface area contributed by atoms with Crippen LogP contribution in [0.2, 0.25) is 0 Å². The highest BCUT2D eigenvalue weighted by Gasteiger charge is 2.28. The number of nitrogens with zero attached hydrogens (tertiary/aromatic N) is 8. The van der Waals surface area contributed by atoms with E-state index in [0.29, 0.717) is 53.9 Å². The molecule has 0 unspecified atom stereocenters. The number of ether oxygens (including phenoxy) is 1. The Kier molecular flexibility index (Phi) is 6.04. The van der Waals surface area contributed by atoms with Gasteiger partial charge in [-0.1, -0.05) is 12.2 Å². The Morgan fingerprint density at radius 1 is 1.07 bits per heavy atom. The van der Waals surface area contributed by atoms with Crippen LogP contribution in [0.15, 0.2) is 65.7 Å². The Balaban J connectivity index is 1.29. The number of amides is 1. The van der Waals surface area contributed by atoms with Crippen molar-refractivity contribution in [1.29, 1.82) is 0 Å². The number of likely N-dealkylation sites (N-methyl/N-ethyl adjacent to an activating group) is 1. The van der Waals surface area contributed by atoms with Crippen LogP contribution in [0.4, 0.5) is 17.5 Å². The Morgan fingerprint density at radius 3 is 2.85 bits per heavy atom. The van der Waals surface area contributed by atoms with Crippen molar-refractivity contribution >= 4 is 45.3 Å². The lowest BCUT2D eigenvalue weighted by atomic mass is 10.2. The smallest absolute Gasteiger partial charge is 0.278 e. The molecule has 41 heavy (non-hydrogen) atoms. The second kappa shape index (κ2) is 9.89. The monoisotopic (exact) mass is 551 g/mol. The van der Waals surface area contributed by atoms with Crippen LogP contribution in [0.1, 0.15) is 6.42 Å². The normalized spacial score (nSPS) is 15.6. The molecule has 0 fully saturated rings. The fourth-order valence-electron chi connectivity index (χ4n) is 5.31. The number of fused-ring (bicyclic) bond motifs is 6. The van der Waals surface area contributed by atoms with Crippen LogP contribution in [0.5, 0.6) is 5.75 Å². The average molecular weight is 552 g/mol. The average Bonchev–Trinajstić information content (AvgIpc) is 3.48. The molecule has 0 spiro atoms. The highest BCUT2D eigenvalue weighted by molar-refractivity contribution is 5.96. The van der Waals surface area contributed by atoms with Crippen molar-refractivity contribution in [2.45, 2.75) is 19.5 Å². The van der Waals surface area contributed by atoms with Crippen molar-refractivity contribution in [2.24, 2.45) is 0 Å². The molecule has 12 heteroatoms. The molecule has 2 bridgehead atoms. The van der Waals surface area contributed by atoms with Gasteiger partial charge < -0.3 is 19.5 Å². The number of anilines is 3. The van der Waals surface area contributed by atoms with Gasteiger partial charge in [0.2, 0.25) is 5.95 Å². The number of rotatable bonds is 5. The number of hydrogen-bond donors (Lipinski definition) is 1. The summed E-state index contributed by atoms with van der Waals surface area (Å²) in [5, 5.41) is 4.78. The lowest BCUT2D eigenvalue weighted by Crippen LogP contribution is -2.40. The molecule has 5 aromatic rings. The maximum absolute atomic E-state index is 13.5. The first-order valence-corrected chi connectivity index (χ1v) is 13.5. The number of pyridine rings is 1. The van der Waals surface area contributed by atoms with Gasteiger partial charge in [-0.3, -0.25) is 14.5 Å². The predicted molar refractivity (Wildman–Crippen MR) is 156 cm³/mol. The quantitative estimate of drug-likeness (QED) is 0.332. The van der Waals surface area contributed by atoms with Crippen molar-refractivity contribution < 1.29 is 9.53 Å². The molecule has 0 saturated heterocycles. The first kappa shape index (κ1) is 25.0. The second-order valence-corrected chi connectivity index (χ2v) is 10.4. The minimum atomic E-state index is -0.223. The summed E-state index contributed by atoms with van der Waals surface area (Å²) in [7, 11) is 4.13. The van der Waals surface area contributed by atoms with Gasteiger partial charge in [0.05, 0.1) is 6.54 Å². The van der Waals surface area contributed by atoms with Crippen molar-refractivity contribution in [3.8, 4) is 11.6 Å². The summed E-state index contributed by atoms with van der Waals surface area (Å²) in [4.78, 5) is 43.9. The summed E-state index contributed by atoms with van der Waals surface area (Å²) < 4.78 is 11.1. The molecular weight excluding hydrogens is 522 g/mol. The van der Waals surface area contributed by atoms with Crippen LogP contribution in [-0.2, 0) is 17.9 Å². The van der Waals surface area contributed by atoms with Crippen LogP contribution in [0.25, 0.3) is 27.8 Å². The first-order valence-electron chi connectivity index (χ1n) is 13.5. The zero-order valence-electron chi connectivity index (χ0n) is 22.8. The topological polar surface area (TPSA) is 115 Å². The molecule has 208 valence electrons. The largest absolute Gasteiger partial charge is 0.480 e. The Bertz CT molecular complexity index is 1900. The van der Waals surface area contributed by atoms with Gasteiger partial charge in [0.15, 0.2) is 29.6 Å². The van der Waals surface area contributed by atoms with Crippen molar-refractivity contribution in [1.82, 2.24) is 33.8 Å². The molecule has 7 rings (SSSR count). The Morgan fingerprint density at radius 2 is 1.98 bits per heavy atom. The zero-order chi connectivity index (χ0) is 28.1. The van der Waals surface area contributed by atoms with Gasteiger partial charge in [0.25, 0.3) is 11.5 Å². The number of allylic oxidation sites excluding steroid dienone is 1. The number of hydrogen-bond acceptors (Lipinski definition) is 8. The van der Waals surface area contributed by atoms with Crippen LogP contribution in [0, 0.1) is 0 Å². The number of carbonyl (C=O) groups excluding carboxylic acids is 1. The fourth-order valence-corrected chi connectivity index (χ4v) is 5.31. The summed E-state index contributed by atoms with van der Waals surface area (Å²) >= 11 is 0. The molecule has 4 aromatic heterocycles. The van der Waals surface area contributed by atoms with E-state index >= 15 is 0 Å². The molecule has 0 radical (unpaired) electrons. The molecule has 0 aliphatic carbocycles. The van der Waals surface area contributed by atoms with E-state index in [1.54, 1.807) is 32.6 Å². The maximum Gasteiger partial charge on any atom is 0.278 e. The van der Waals surface area contributed by atoms with E-state index in [0.717, 1.165) is 29.7 Å². The van der Waals surface area contributed by atoms with Gasteiger partial charge in [-0.05, 0) is 56.9 Å². The van der Waals surface area contributed by atoms with E-state index in [1.165, 1.54) is 0 Å². The van der Waals surface area contributed by atoms with E-state index in [2.05, 4.69) is 58.3 Å². The molecule has 1 aromatic carbocycles. The molecule has 12 nitrogen and oxygen atoms in total. The Hall–Kier alpha value is -4.97. The van der Waals surface area contributed by atoms with Crippen LogP contribution in [0.3, 0.4) is 0 Å². The van der Waals surface area contributed by atoms with Crippen LogP contribution < -0.4 is 20.5 Å². The molecule has 6 heterocycles. The highest BCUT2D eigenvalue weighted by atomic mass is 16.5. The summed E-state index contributed by atoms with van der Waals surface area (Å²) in [6.07, 6.45) is 8.15. The predicted octanol–water partition coefficient (Wildman–Crippen LogP) is 2.92. The number of carbonyl (C=O) groups is 1. The van der Waals surface area contributed by atoms with Crippen LogP contribution in [-0.4, -0.2) is 73.5 Å². The lowest BCUT2D eigenvalue weighted by Gasteiger charge is -2.28. The van der Waals surface area contributed by atoms with E-state index in [1.807, 2.05) is 18.2 Å². The number of benzene rings is 1. The minimum absolute atomic E-state index is 0.0241. The van der Waals surface area contributed by atoms with E-state index in [-0.39, 0.29) is 18.1 Å². The third kappa shape index (κ3) is 4.42. The van der Waals surface area contributed by atoms with E-state index in [4.69, 9.17) is 14.7 Å². The van der Waals surface area contributed by atoms with Crippen LogP contribution >= 0.6 is 0 Å². The van der Waals surface area contributed by atoms with Crippen molar-refractivity contribution in [3.63, 3.8) is 0 Å². The third-order valence-corrected chi connectivity index (χ3v) is 7.40.